The van der Waals surface area contributed by atoms with Crippen LogP contribution in [0.2, 0.25) is 0 Å². The van der Waals surface area contributed by atoms with Crippen molar-refractivity contribution >= 4 is 16.0 Å². The highest BCUT2D eigenvalue weighted by Crippen LogP contribution is 2.09. The third kappa shape index (κ3) is 4.69. The Bertz CT molecular complexity index is 711. The molecule has 0 spiro atoms. The summed E-state index contributed by atoms with van der Waals surface area (Å²) >= 11 is 0. The molecular weight excluding hydrogens is 294 g/mol. The van der Waals surface area contributed by atoms with Gasteiger partial charge in [-0.05, 0) is 17.7 Å². The lowest BCUT2D eigenvalue weighted by atomic mass is 10.1. The molecule has 112 valence electrons. The van der Waals surface area contributed by atoms with Gasteiger partial charge in [-0.15, -0.1) is 0 Å². The van der Waals surface area contributed by atoms with E-state index < -0.39 is 16.0 Å². The number of carboxylic acids is 1. The van der Waals surface area contributed by atoms with Gasteiger partial charge in [0.25, 0.3) is 0 Å². The second-order valence-corrected chi connectivity index (χ2v) is 6.29. The van der Waals surface area contributed by atoms with Crippen LogP contribution in [0.5, 0.6) is 0 Å². The summed E-state index contributed by atoms with van der Waals surface area (Å²) in [7, 11) is -3.51. The van der Waals surface area contributed by atoms with Crippen LogP contribution in [0.15, 0.2) is 36.8 Å². The summed E-state index contributed by atoms with van der Waals surface area (Å²) in [4.78, 5) is 17.6. The number of hydrogen-bond donors (Lipinski definition) is 3. The summed E-state index contributed by atoms with van der Waals surface area (Å²) in [5.74, 6) is -1.33. The minimum absolute atomic E-state index is 0.0696. The van der Waals surface area contributed by atoms with Gasteiger partial charge < -0.3 is 10.1 Å². The molecule has 21 heavy (non-hydrogen) atoms. The van der Waals surface area contributed by atoms with E-state index in [-0.39, 0.29) is 17.9 Å². The minimum Gasteiger partial charge on any atom is -0.478 e. The molecule has 0 aliphatic carbocycles. The Morgan fingerprint density at radius 1 is 1.38 bits per heavy atom. The molecule has 0 amide bonds. The van der Waals surface area contributed by atoms with Crippen LogP contribution in [0.3, 0.4) is 0 Å². The van der Waals surface area contributed by atoms with Crippen molar-refractivity contribution in [1.82, 2.24) is 14.7 Å². The molecular formula is C13H15N3O4S. The highest BCUT2D eigenvalue weighted by atomic mass is 32.2. The van der Waals surface area contributed by atoms with Gasteiger partial charge in [0.05, 0.1) is 17.6 Å². The van der Waals surface area contributed by atoms with Crippen molar-refractivity contribution < 1.29 is 18.3 Å². The monoisotopic (exact) mass is 309 g/mol. The smallest absolute Gasteiger partial charge is 0.335 e. The summed E-state index contributed by atoms with van der Waals surface area (Å²) in [6.45, 7) is 0.253. The second kappa shape index (κ2) is 6.51. The Morgan fingerprint density at radius 3 is 2.86 bits per heavy atom. The molecule has 3 N–H and O–H groups in total. The van der Waals surface area contributed by atoms with Crippen LogP contribution in [0.1, 0.15) is 21.6 Å². The molecule has 1 aromatic heterocycles. The SMILES string of the molecule is O=C(O)c1cccc(CS(=O)(=O)NCCc2cnc[nH]2)c1. The van der Waals surface area contributed by atoms with Crippen molar-refractivity contribution in [3.63, 3.8) is 0 Å². The predicted octanol–water partition coefficient (Wildman–Crippen LogP) is 0.770. The molecule has 8 heteroatoms. The number of rotatable bonds is 7. The highest BCUT2D eigenvalue weighted by Gasteiger charge is 2.12. The van der Waals surface area contributed by atoms with E-state index in [4.69, 9.17) is 5.11 Å². The Labute approximate surface area is 122 Å². The first-order chi connectivity index (χ1) is 9.96. The fourth-order valence-electron chi connectivity index (χ4n) is 1.83. The summed E-state index contributed by atoms with van der Waals surface area (Å²) in [5, 5.41) is 8.88. The minimum atomic E-state index is -3.51. The number of aromatic amines is 1. The lowest BCUT2D eigenvalue weighted by Gasteiger charge is -2.07. The number of nitrogens with one attached hydrogen (secondary N) is 2. The van der Waals surface area contributed by atoms with Gasteiger partial charge in [-0.25, -0.2) is 22.9 Å². The van der Waals surface area contributed by atoms with E-state index in [9.17, 15) is 13.2 Å². The fraction of sp³-hybridized carbons (Fsp3) is 0.231. The van der Waals surface area contributed by atoms with E-state index in [1.807, 2.05) is 0 Å². The first-order valence-electron chi connectivity index (χ1n) is 6.23. The first-order valence-corrected chi connectivity index (χ1v) is 7.88. The zero-order chi connectivity index (χ0) is 15.3. The highest BCUT2D eigenvalue weighted by molar-refractivity contribution is 7.88. The first kappa shape index (κ1) is 15.2. The Balaban J connectivity index is 1.94. The average molecular weight is 309 g/mol. The van der Waals surface area contributed by atoms with Gasteiger partial charge in [-0.2, -0.15) is 0 Å². The molecule has 0 saturated heterocycles. The molecule has 0 unspecified atom stereocenters. The van der Waals surface area contributed by atoms with Crippen molar-refractivity contribution in [2.24, 2.45) is 0 Å². The van der Waals surface area contributed by atoms with Crippen LogP contribution in [-0.2, 0) is 22.2 Å². The van der Waals surface area contributed by atoms with Crippen molar-refractivity contribution in [3.8, 4) is 0 Å². The van der Waals surface area contributed by atoms with Crippen LogP contribution in [-0.4, -0.2) is 36.0 Å². The number of sulfonamides is 1. The summed E-state index contributed by atoms with van der Waals surface area (Å²) in [5.41, 5.74) is 1.34. The quantitative estimate of drug-likeness (QED) is 0.699. The van der Waals surface area contributed by atoms with E-state index in [1.165, 1.54) is 24.5 Å². The predicted molar refractivity (Wildman–Crippen MR) is 76.3 cm³/mol. The molecule has 0 fully saturated rings. The van der Waals surface area contributed by atoms with E-state index in [2.05, 4.69) is 14.7 Å². The number of hydrogen-bond acceptors (Lipinski definition) is 4. The molecule has 0 radical (unpaired) electrons. The molecule has 1 aromatic carbocycles. The summed E-state index contributed by atoms with van der Waals surface area (Å²) in [6.07, 6.45) is 3.67. The maximum atomic E-state index is 11.9. The van der Waals surface area contributed by atoms with E-state index in [0.717, 1.165) is 5.69 Å². The summed E-state index contributed by atoms with van der Waals surface area (Å²) < 4.78 is 26.3. The van der Waals surface area contributed by atoms with Gasteiger partial charge in [0.1, 0.15) is 0 Å². The van der Waals surface area contributed by atoms with Crippen LogP contribution < -0.4 is 4.72 Å². The van der Waals surface area contributed by atoms with Crippen LogP contribution in [0, 0.1) is 0 Å². The number of benzene rings is 1. The van der Waals surface area contributed by atoms with Gasteiger partial charge in [0, 0.05) is 24.9 Å². The number of aromatic nitrogens is 2. The maximum absolute atomic E-state index is 11.9. The molecule has 0 aliphatic rings. The standard InChI is InChI=1S/C13H15N3O4S/c17-13(18)11-3-1-2-10(6-11)8-21(19,20)16-5-4-12-7-14-9-15-12/h1-3,6-7,9,16H,4-5,8H2,(H,14,15)(H,17,18). The Morgan fingerprint density at radius 2 is 2.19 bits per heavy atom. The Kier molecular flexibility index (Phi) is 4.71. The zero-order valence-corrected chi connectivity index (χ0v) is 11.9. The van der Waals surface area contributed by atoms with Crippen molar-refractivity contribution in [3.05, 3.63) is 53.6 Å². The normalized spacial score (nSPS) is 11.4. The van der Waals surface area contributed by atoms with E-state index in [1.54, 1.807) is 12.3 Å². The van der Waals surface area contributed by atoms with E-state index in [0.29, 0.717) is 12.0 Å². The number of imidazole rings is 1. The average Bonchev–Trinajstić information content (AvgIpc) is 2.91. The van der Waals surface area contributed by atoms with E-state index >= 15 is 0 Å². The molecule has 2 aromatic rings. The number of nitrogens with zero attached hydrogens (tertiary/aromatic N) is 1. The summed E-state index contributed by atoms with van der Waals surface area (Å²) in [6, 6.07) is 5.89. The van der Waals surface area contributed by atoms with Crippen molar-refractivity contribution in [2.45, 2.75) is 12.2 Å². The van der Waals surface area contributed by atoms with Gasteiger partial charge in [0.2, 0.25) is 10.0 Å². The fourth-order valence-corrected chi connectivity index (χ4v) is 2.96. The molecule has 2 rings (SSSR count). The maximum Gasteiger partial charge on any atom is 0.335 e. The molecule has 0 saturated carbocycles. The molecule has 7 nitrogen and oxygen atoms in total. The van der Waals surface area contributed by atoms with Crippen LogP contribution >= 0.6 is 0 Å². The largest absolute Gasteiger partial charge is 0.478 e. The Hall–Kier alpha value is -2.19. The lowest BCUT2D eigenvalue weighted by Crippen LogP contribution is -2.27. The molecule has 0 atom stereocenters. The van der Waals surface area contributed by atoms with Gasteiger partial charge >= 0.3 is 5.97 Å². The second-order valence-electron chi connectivity index (χ2n) is 4.49. The van der Waals surface area contributed by atoms with Gasteiger partial charge in [-0.3, -0.25) is 0 Å². The zero-order valence-electron chi connectivity index (χ0n) is 11.1. The van der Waals surface area contributed by atoms with Crippen molar-refractivity contribution in [1.29, 1.82) is 0 Å². The number of aromatic carboxylic acids is 1. The molecule has 0 bridgehead atoms. The number of carboxylic acid groups (broad SMARTS) is 1. The van der Waals surface area contributed by atoms with Crippen LogP contribution in [0.4, 0.5) is 0 Å². The van der Waals surface area contributed by atoms with Crippen molar-refractivity contribution in [2.75, 3.05) is 6.54 Å². The number of H-pyrrole nitrogens is 1. The third-order valence-electron chi connectivity index (χ3n) is 2.80. The van der Waals surface area contributed by atoms with Gasteiger partial charge in [-0.1, -0.05) is 12.1 Å². The molecule has 0 aliphatic heterocycles. The van der Waals surface area contributed by atoms with Crippen LogP contribution in [0.25, 0.3) is 0 Å². The topological polar surface area (TPSA) is 112 Å². The third-order valence-corrected chi connectivity index (χ3v) is 4.16. The molecule has 1 heterocycles. The number of carbonyl (C=O) groups is 1. The lowest BCUT2D eigenvalue weighted by molar-refractivity contribution is 0.0696. The van der Waals surface area contributed by atoms with Gasteiger partial charge in [0.15, 0.2) is 0 Å².